The molecule has 0 aliphatic heterocycles. The average molecular weight is 782 g/mol. The maximum Gasteiger partial charge on any atom is 0.137 e. The number of anilines is 3. The molecule has 54 heavy (non-hydrogen) atoms. The van der Waals surface area contributed by atoms with Crippen molar-refractivity contribution < 1.29 is 8.83 Å². The van der Waals surface area contributed by atoms with Crippen molar-refractivity contribution in [3.63, 3.8) is 0 Å². The molecule has 0 amide bonds. The third-order valence-electron chi connectivity index (χ3n) is 10.9. The first kappa shape index (κ1) is 31.7. The third kappa shape index (κ3) is 4.66. The van der Waals surface area contributed by atoms with Crippen LogP contribution in [0.25, 0.3) is 81.5 Å². The fraction of sp³-hybridized carbons (Fsp3) is 0.0833. The topological polar surface area (TPSA) is 34.5 Å². The van der Waals surface area contributed by atoms with Gasteiger partial charge < -0.3 is 18.3 Å². The van der Waals surface area contributed by atoms with E-state index in [9.17, 15) is 0 Å². The molecule has 11 rings (SSSR count). The molecule has 0 fully saturated rings. The maximum absolute atomic E-state index is 6.47. The molecule has 0 atom stereocenters. The first-order chi connectivity index (χ1) is 26.3. The zero-order chi connectivity index (χ0) is 36.3. The van der Waals surface area contributed by atoms with Crippen LogP contribution in [-0.4, -0.2) is 4.57 Å². The largest absolute Gasteiger partial charge is 0.456 e. The summed E-state index contributed by atoms with van der Waals surface area (Å²) in [7, 11) is 0. The summed E-state index contributed by atoms with van der Waals surface area (Å²) in [6.07, 6.45) is 0. The average Bonchev–Trinajstić information content (AvgIpc) is 3.95. The monoisotopic (exact) mass is 780 g/mol. The molecule has 0 spiro atoms. The lowest BCUT2D eigenvalue weighted by Gasteiger charge is -2.26. The molecular weight excluding hydrogens is 749 g/mol. The molecule has 7 aromatic carbocycles. The van der Waals surface area contributed by atoms with Gasteiger partial charge in [0, 0.05) is 70.0 Å². The van der Waals surface area contributed by atoms with Crippen molar-refractivity contribution in [1.29, 1.82) is 0 Å². The first-order valence-electron chi connectivity index (χ1n) is 18.2. The molecule has 0 N–H and O–H groups in total. The van der Waals surface area contributed by atoms with Gasteiger partial charge in [-0.15, -0.1) is 11.3 Å². The molecule has 0 unspecified atom stereocenters. The number of para-hydroxylation sites is 3. The highest BCUT2D eigenvalue weighted by Crippen LogP contribution is 2.47. The van der Waals surface area contributed by atoms with Gasteiger partial charge >= 0.3 is 0 Å². The highest BCUT2D eigenvalue weighted by atomic mass is 79.9. The Kier molecular flexibility index (Phi) is 6.80. The van der Waals surface area contributed by atoms with Gasteiger partial charge in [-0.2, -0.15) is 0 Å². The van der Waals surface area contributed by atoms with Gasteiger partial charge in [0.25, 0.3) is 0 Å². The van der Waals surface area contributed by atoms with Gasteiger partial charge in [0.15, 0.2) is 0 Å². The van der Waals surface area contributed by atoms with Crippen LogP contribution in [0.15, 0.2) is 158 Å². The number of nitrogens with zero attached hydrogens (tertiary/aromatic N) is 2. The van der Waals surface area contributed by atoms with Crippen LogP contribution in [0.1, 0.15) is 26.3 Å². The molecule has 0 saturated heterocycles. The lowest BCUT2D eigenvalue weighted by Crippen LogP contribution is -2.12. The molecule has 0 aliphatic rings. The molecule has 0 aliphatic carbocycles. The quantitative estimate of drug-likeness (QED) is 0.178. The predicted molar refractivity (Wildman–Crippen MR) is 232 cm³/mol. The Bertz CT molecular complexity index is 3300. The molecular formula is C48H33BrN2O2S. The van der Waals surface area contributed by atoms with Crippen LogP contribution in [0, 0.1) is 0 Å². The van der Waals surface area contributed by atoms with Crippen molar-refractivity contribution in [2.75, 3.05) is 4.90 Å². The van der Waals surface area contributed by atoms with E-state index < -0.39 is 0 Å². The van der Waals surface area contributed by atoms with Gasteiger partial charge in [0.1, 0.15) is 22.3 Å². The number of furan rings is 2. The number of thiophene rings is 1. The Morgan fingerprint density at radius 1 is 0.556 bits per heavy atom. The Balaban J connectivity index is 1.20. The van der Waals surface area contributed by atoms with Gasteiger partial charge in [-0.3, -0.25) is 0 Å². The summed E-state index contributed by atoms with van der Waals surface area (Å²) in [5, 5.41) is 10.3. The zero-order valence-electron chi connectivity index (χ0n) is 29.9. The van der Waals surface area contributed by atoms with Crippen molar-refractivity contribution >= 4 is 120 Å². The van der Waals surface area contributed by atoms with Crippen molar-refractivity contribution in [2.24, 2.45) is 0 Å². The minimum Gasteiger partial charge on any atom is -0.456 e. The molecule has 4 aromatic heterocycles. The van der Waals surface area contributed by atoms with E-state index in [2.05, 4.69) is 173 Å². The second kappa shape index (κ2) is 11.6. The highest BCUT2D eigenvalue weighted by Gasteiger charge is 2.24. The molecule has 6 heteroatoms. The lowest BCUT2D eigenvalue weighted by molar-refractivity contribution is 0.591. The molecule has 260 valence electrons. The Hall–Kier alpha value is -5.82. The number of fused-ring (bicyclic) bond motifs is 11. The SMILES string of the molecule is CC(C)(C)c1ccc2scc(N(c3cccc(-n4c5c(Br)cccc5c5ccc6oc7ccccc7c6c54)c3)c3ccc4c(c3)oc3ccccc34)c2c1. The number of aromatic nitrogens is 1. The number of hydrogen-bond acceptors (Lipinski definition) is 4. The van der Waals surface area contributed by atoms with Crippen LogP contribution >= 0.6 is 27.3 Å². The Morgan fingerprint density at radius 2 is 1.24 bits per heavy atom. The van der Waals surface area contributed by atoms with E-state index in [0.717, 1.165) is 82.1 Å². The first-order valence-corrected chi connectivity index (χ1v) is 19.9. The van der Waals surface area contributed by atoms with Crippen LogP contribution in [0.5, 0.6) is 0 Å². The summed E-state index contributed by atoms with van der Waals surface area (Å²) in [6.45, 7) is 6.84. The molecule has 4 heterocycles. The third-order valence-corrected chi connectivity index (χ3v) is 12.5. The molecule has 0 saturated carbocycles. The minimum absolute atomic E-state index is 0.0117. The van der Waals surface area contributed by atoms with Crippen molar-refractivity contribution in [1.82, 2.24) is 4.57 Å². The summed E-state index contributed by atoms with van der Waals surface area (Å²) in [5.41, 5.74) is 11.4. The summed E-state index contributed by atoms with van der Waals surface area (Å²) in [6, 6.07) is 49.9. The van der Waals surface area contributed by atoms with E-state index in [1.165, 1.54) is 26.4 Å². The Morgan fingerprint density at radius 3 is 2.09 bits per heavy atom. The summed E-state index contributed by atoms with van der Waals surface area (Å²) >= 11 is 5.75. The normalized spacial score (nSPS) is 12.4. The standard InChI is InChI=1S/C48H33BrN2O2S/c1-48(2,3)28-18-23-44-37(24-28)39(27-54-44)50(31-19-20-33-32-12-4-6-16-40(32)53-43(33)26-31)29-10-8-11-30(25-29)51-46-34(14-9-15-38(46)49)35-21-22-42-45(47(35)51)36-13-5-7-17-41(36)52-42/h4-27H,1-3H3. The Labute approximate surface area is 323 Å². The zero-order valence-corrected chi connectivity index (χ0v) is 32.3. The van der Waals surface area contributed by atoms with Crippen LogP contribution < -0.4 is 4.90 Å². The van der Waals surface area contributed by atoms with Crippen molar-refractivity contribution in [3.8, 4) is 5.69 Å². The fourth-order valence-corrected chi connectivity index (χ4v) is 9.74. The number of rotatable bonds is 4. The molecule has 0 radical (unpaired) electrons. The van der Waals surface area contributed by atoms with Crippen LogP contribution in [0.4, 0.5) is 17.1 Å². The van der Waals surface area contributed by atoms with E-state index in [1.54, 1.807) is 11.3 Å². The van der Waals surface area contributed by atoms with Crippen LogP contribution in [0.3, 0.4) is 0 Å². The molecule has 0 bridgehead atoms. The van der Waals surface area contributed by atoms with Crippen molar-refractivity contribution in [3.05, 3.63) is 155 Å². The van der Waals surface area contributed by atoms with E-state index in [4.69, 9.17) is 8.83 Å². The predicted octanol–water partition coefficient (Wildman–Crippen LogP) is 15.3. The molecule has 4 nitrogen and oxygen atoms in total. The van der Waals surface area contributed by atoms with Crippen LogP contribution in [0.2, 0.25) is 0 Å². The van der Waals surface area contributed by atoms with E-state index in [-0.39, 0.29) is 5.41 Å². The van der Waals surface area contributed by atoms with Crippen LogP contribution in [-0.2, 0) is 5.41 Å². The van der Waals surface area contributed by atoms with Gasteiger partial charge in [0.2, 0.25) is 0 Å². The van der Waals surface area contributed by atoms with Crippen molar-refractivity contribution in [2.45, 2.75) is 26.2 Å². The summed E-state index contributed by atoms with van der Waals surface area (Å²) < 4.78 is 17.6. The summed E-state index contributed by atoms with van der Waals surface area (Å²) in [4.78, 5) is 2.40. The maximum atomic E-state index is 6.47. The van der Waals surface area contributed by atoms with Gasteiger partial charge in [-0.05, 0) is 99.7 Å². The highest BCUT2D eigenvalue weighted by molar-refractivity contribution is 9.10. The van der Waals surface area contributed by atoms with Gasteiger partial charge in [-0.1, -0.05) is 81.4 Å². The smallest absolute Gasteiger partial charge is 0.137 e. The van der Waals surface area contributed by atoms with Gasteiger partial charge in [-0.25, -0.2) is 0 Å². The number of benzene rings is 7. The second-order valence-electron chi connectivity index (χ2n) is 15.1. The lowest BCUT2D eigenvalue weighted by atomic mass is 9.86. The van der Waals surface area contributed by atoms with E-state index in [1.807, 2.05) is 18.2 Å². The van der Waals surface area contributed by atoms with E-state index in [0.29, 0.717) is 0 Å². The van der Waals surface area contributed by atoms with Gasteiger partial charge in [0.05, 0.1) is 22.1 Å². The second-order valence-corrected chi connectivity index (χ2v) is 16.9. The summed E-state index contributed by atoms with van der Waals surface area (Å²) in [5.74, 6) is 0. The number of halogens is 1. The molecule has 11 aromatic rings. The fourth-order valence-electron chi connectivity index (χ4n) is 8.29. The minimum atomic E-state index is 0.0117. The van der Waals surface area contributed by atoms with E-state index >= 15 is 0 Å². The number of hydrogen-bond donors (Lipinski definition) is 0.